The van der Waals surface area contributed by atoms with Crippen LogP contribution in [0.25, 0.3) is 0 Å². The summed E-state index contributed by atoms with van der Waals surface area (Å²) in [6.07, 6.45) is 4.63. The lowest BCUT2D eigenvalue weighted by atomic mass is 10.1. The lowest BCUT2D eigenvalue weighted by Crippen LogP contribution is -2.36. The summed E-state index contributed by atoms with van der Waals surface area (Å²) in [5.74, 6) is 0.562. The highest BCUT2D eigenvalue weighted by molar-refractivity contribution is 5.94. The molecule has 0 N–H and O–H groups in total. The van der Waals surface area contributed by atoms with Crippen LogP contribution < -0.4 is 0 Å². The normalized spacial score (nSPS) is 13.5. The standard InChI is InChI=1S/C20H18FN3O2/c21-16-12-22-10-8-15(16)20(25)24-11-9-18-17(13-24)23-19(26-18)7-6-14-4-2-1-3-5-14/h1-5,8,10,12H,6-7,9,11,13H2. The fourth-order valence-corrected chi connectivity index (χ4v) is 3.15. The molecule has 1 aliphatic heterocycles. The van der Waals surface area contributed by atoms with Gasteiger partial charge in [-0.1, -0.05) is 30.3 Å². The third kappa shape index (κ3) is 3.35. The lowest BCUT2D eigenvalue weighted by Gasteiger charge is -2.25. The van der Waals surface area contributed by atoms with Crippen LogP contribution in [-0.2, 0) is 25.8 Å². The Morgan fingerprint density at radius 3 is 2.85 bits per heavy atom. The van der Waals surface area contributed by atoms with E-state index in [1.807, 2.05) is 18.2 Å². The number of rotatable bonds is 4. The lowest BCUT2D eigenvalue weighted by molar-refractivity contribution is 0.0723. The van der Waals surface area contributed by atoms with Crippen molar-refractivity contribution in [2.24, 2.45) is 0 Å². The van der Waals surface area contributed by atoms with Crippen LogP contribution in [0.4, 0.5) is 4.39 Å². The molecular weight excluding hydrogens is 333 g/mol. The van der Waals surface area contributed by atoms with Crippen molar-refractivity contribution in [1.29, 1.82) is 0 Å². The minimum atomic E-state index is -0.605. The zero-order valence-electron chi connectivity index (χ0n) is 14.2. The minimum Gasteiger partial charge on any atom is -0.445 e. The van der Waals surface area contributed by atoms with Crippen molar-refractivity contribution in [1.82, 2.24) is 14.9 Å². The predicted octanol–water partition coefficient (Wildman–Crippen LogP) is 3.19. The topological polar surface area (TPSA) is 59.2 Å². The third-order valence-corrected chi connectivity index (χ3v) is 4.53. The molecule has 0 spiro atoms. The molecule has 2 aromatic heterocycles. The second kappa shape index (κ2) is 7.07. The van der Waals surface area contributed by atoms with Gasteiger partial charge in [-0.2, -0.15) is 0 Å². The second-order valence-corrected chi connectivity index (χ2v) is 6.30. The minimum absolute atomic E-state index is 0.0382. The van der Waals surface area contributed by atoms with Gasteiger partial charge in [-0.25, -0.2) is 9.37 Å². The molecule has 0 aliphatic carbocycles. The van der Waals surface area contributed by atoms with Crippen molar-refractivity contribution < 1.29 is 13.6 Å². The Morgan fingerprint density at radius 1 is 1.19 bits per heavy atom. The SMILES string of the molecule is O=C(c1ccncc1F)N1CCc2oc(CCc3ccccc3)nc2C1. The van der Waals surface area contributed by atoms with E-state index in [0.717, 1.165) is 24.1 Å². The fourth-order valence-electron chi connectivity index (χ4n) is 3.15. The molecule has 0 unspecified atom stereocenters. The van der Waals surface area contributed by atoms with E-state index in [9.17, 15) is 9.18 Å². The molecule has 0 fully saturated rings. The average molecular weight is 351 g/mol. The van der Waals surface area contributed by atoms with Gasteiger partial charge in [0, 0.05) is 25.6 Å². The van der Waals surface area contributed by atoms with Crippen LogP contribution in [0.1, 0.15) is 33.3 Å². The number of benzene rings is 1. The third-order valence-electron chi connectivity index (χ3n) is 4.53. The van der Waals surface area contributed by atoms with Crippen molar-refractivity contribution in [2.45, 2.75) is 25.8 Å². The van der Waals surface area contributed by atoms with E-state index >= 15 is 0 Å². The molecule has 0 saturated heterocycles. The first-order valence-corrected chi connectivity index (χ1v) is 8.61. The Labute approximate surface area is 150 Å². The van der Waals surface area contributed by atoms with E-state index in [4.69, 9.17) is 4.42 Å². The number of aromatic nitrogens is 2. The van der Waals surface area contributed by atoms with Crippen LogP contribution in [0, 0.1) is 5.82 Å². The van der Waals surface area contributed by atoms with Crippen molar-refractivity contribution in [3.05, 3.63) is 83.1 Å². The van der Waals surface area contributed by atoms with Gasteiger partial charge in [0.05, 0.1) is 18.3 Å². The molecule has 3 heterocycles. The Hall–Kier alpha value is -3.02. The van der Waals surface area contributed by atoms with Gasteiger partial charge in [0.2, 0.25) is 0 Å². The molecule has 5 nitrogen and oxygen atoms in total. The number of amides is 1. The molecule has 1 aliphatic rings. The maximum Gasteiger partial charge on any atom is 0.257 e. The van der Waals surface area contributed by atoms with Crippen LogP contribution in [0.15, 0.2) is 53.2 Å². The largest absolute Gasteiger partial charge is 0.445 e. The summed E-state index contributed by atoms with van der Waals surface area (Å²) >= 11 is 0. The number of carbonyl (C=O) groups excluding carboxylic acids is 1. The molecule has 4 rings (SSSR count). The zero-order chi connectivity index (χ0) is 17.9. The summed E-state index contributed by atoms with van der Waals surface area (Å²) in [4.78, 5) is 22.4. The number of halogens is 1. The number of nitrogens with zero attached hydrogens (tertiary/aromatic N) is 3. The number of pyridine rings is 1. The summed E-state index contributed by atoms with van der Waals surface area (Å²) in [7, 11) is 0. The maximum absolute atomic E-state index is 13.8. The molecule has 1 amide bonds. The number of hydrogen-bond acceptors (Lipinski definition) is 4. The molecular formula is C20H18FN3O2. The highest BCUT2D eigenvalue weighted by Crippen LogP contribution is 2.22. The van der Waals surface area contributed by atoms with E-state index in [2.05, 4.69) is 22.1 Å². The quantitative estimate of drug-likeness (QED) is 0.724. The van der Waals surface area contributed by atoms with E-state index in [1.165, 1.54) is 17.8 Å². The monoisotopic (exact) mass is 351 g/mol. The Kier molecular flexibility index (Phi) is 4.48. The summed E-state index contributed by atoms with van der Waals surface area (Å²) in [6.45, 7) is 0.825. The number of oxazole rings is 1. The first-order valence-electron chi connectivity index (χ1n) is 8.61. The van der Waals surface area contributed by atoms with E-state index in [-0.39, 0.29) is 11.5 Å². The highest BCUT2D eigenvalue weighted by Gasteiger charge is 2.27. The summed E-state index contributed by atoms with van der Waals surface area (Å²) in [6, 6.07) is 11.6. The van der Waals surface area contributed by atoms with Crippen LogP contribution in [0.5, 0.6) is 0 Å². The van der Waals surface area contributed by atoms with Gasteiger partial charge < -0.3 is 9.32 Å². The van der Waals surface area contributed by atoms with Crippen LogP contribution in [0.2, 0.25) is 0 Å². The predicted molar refractivity (Wildman–Crippen MR) is 93.0 cm³/mol. The summed E-state index contributed by atoms with van der Waals surface area (Å²) in [5, 5.41) is 0. The number of aryl methyl sites for hydroxylation is 2. The Morgan fingerprint density at radius 2 is 2.04 bits per heavy atom. The summed E-state index contributed by atoms with van der Waals surface area (Å²) < 4.78 is 19.7. The summed E-state index contributed by atoms with van der Waals surface area (Å²) in [5.41, 5.74) is 2.03. The van der Waals surface area contributed by atoms with Gasteiger partial charge >= 0.3 is 0 Å². The number of carbonyl (C=O) groups is 1. The van der Waals surface area contributed by atoms with E-state index in [1.54, 1.807) is 4.90 Å². The van der Waals surface area contributed by atoms with Gasteiger partial charge in [-0.3, -0.25) is 9.78 Å². The van der Waals surface area contributed by atoms with Gasteiger partial charge in [-0.05, 0) is 18.1 Å². The van der Waals surface area contributed by atoms with Crippen LogP contribution in [-0.4, -0.2) is 27.3 Å². The van der Waals surface area contributed by atoms with E-state index in [0.29, 0.717) is 31.8 Å². The molecule has 132 valence electrons. The van der Waals surface area contributed by atoms with Gasteiger partial charge in [0.25, 0.3) is 5.91 Å². The van der Waals surface area contributed by atoms with Gasteiger partial charge in [0.1, 0.15) is 11.5 Å². The average Bonchev–Trinajstić information content (AvgIpc) is 3.09. The first kappa shape index (κ1) is 16.4. The molecule has 0 saturated carbocycles. The smallest absolute Gasteiger partial charge is 0.257 e. The molecule has 0 radical (unpaired) electrons. The molecule has 0 atom stereocenters. The Balaban J connectivity index is 1.45. The zero-order valence-corrected chi connectivity index (χ0v) is 14.2. The van der Waals surface area contributed by atoms with Crippen LogP contribution >= 0.6 is 0 Å². The molecule has 0 bridgehead atoms. The van der Waals surface area contributed by atoms with Crippen molar-refractivity contribution in [3.8, 4) is 0 Å². The van der Waals surface area contributed by atoms with Crippen LogP contribution in [0.3, 0.4) is 0 Å². The van der Waals surface area contributed by atoms with Gasteiger partial charge in [0.15, 0.2) is 11.7 Å². The maximum atomic E-state index is 13.8. The molecule has 6 heteroatoms. The Bertz CT molecular complexity index is 924. The molecule has 1 aromatic carbocycles. The van der Waals surface area contributed by atoms with E-state index < -0.39 is 5.82 Å². The van der Waals surface area contributed by atoms with Crippen molar-refractivity contribution in [2.75, 3.05) is 6.54 Å². The number of hydrogen-bond donors (Lipinski definition) is 0. The first-order chi connectivity index (χ1) is 12.7. The fraction of sp³-hybridized carbons (Fsp3) is 0.250. The highest BCUT2D eigenvalue weighted by atomic mass is 19.1. The molecule has 26 heavy (non-hydrogen) atoms. The van der Waals surface area contributed by atoms with Gasteiger partial charge in [-0.15, -0.1) is 0 Å². The second-order valence-electron chi connectivity index (χ2n) is 6.30. The van der Waals surface area contributed by atoms with Crippen molar-refractivity contribution >= 4 is 5.91 Å². The number of fused-ring (bicyclic) bond motifs is 1. The molecule has 3 aromatic rings. The van der Waals surface area contributed by atoms with Crippen molar-refractivity contribution in [3.63, 3.8) is 0 Å².